The van der Waals surface area contributed by atoms with Gasteiger partial charge in [0.15, 0.2) is 5.69 Å². The molecule has 0 fully saturated rings. The maximum Gasteiger partial charge on any atom is 0.434 e. The highest BCUT2D eigenvalue weighted by atomic mass is 19.4. The van der Waals surface area contributed by atoms with Crippen LogP contribution in [0.1, 0.15) is 17.9 Å². The quantitative estimate of drug-likeness (QED) is 0.719. The zero-order valence-corrected chi connectivity index (χ0v) is 13.8. The summed E-state index contributed by atoms with van der Waals surface area (Å²) in [5.41, 5.74) is 0.0362. The largest absolute Gasteiger partial charge is 0.434 e. The number of carbonyl (C=O) groups is 1. The van der Waals surface area contributed by atoms with Crippen molar-refractivity contribution < 1.29 is 18.0 Å². The number of nitrogens with zero attached hydrogens (tertiary/aromatic N) is 5. The van der Waals surface area contributed by atoms with Crippen molar-refractivity contribution in [2.45, 2.75) is 32.2 Å². The number of rotatable bonds is 3. The van der Waals surface area contributed by atoms with Gasteiger partial charge in [-0.3, -0.25) is 9.48 Å². The predicted molar refractivity (Wildman–Crippen MR) is 87.0 cm³/mol. The predicted octanol–water partition coefficient (Wildman–Crippen LogP) is 2.68. The van der Waals surface area contributed by atoms with Crippen LogP contribution in [0.2, 0.25) is 0 Å². The summed E-state index contributed by atoms with van der Waals surface area (Å²) in [4.78, 5) is 17.7. The molecular weight excluding hydrogens is 347 g/mol. The number of benzene rings is 1. The average molecular weight is 363 g/mol. The molecule has 4 rings (SSSR count). The zero-order chi connectivity index (χ0) is 18.3. The summed E-state index contributed by atoms with van der Waals surface area (Å²) in [5.74, 6) is 0.147. The normalized spacial score (nSPS) is 14.7. The standard InChI is InChI=1S/C17H16F3N5O/c18-17(19,20)14-10-23-7-8-24(11-15(23)22-14)16(26)5-6-25-13-4-2-1-3-12(13)9-21-25/h1-4,9-10H,5-8,11H2. The van der Waals surface area contributed by atoms with E-state index < -0.39 is 11.9 Å². The van der Waals surface area contributed by atoms with Crippen LogP contribution in [0.25, 0.3) is 10.9 Å². The number of amides is 1. The fourth-order valence-corrected chi connectivity index (χ4v) is 3.17. The van der Waals surface area contributed by atoms with Gasteiger partial charge in [-0.2, -0.15) is 18.3 Å². The Morgan fingerprint density at radius 3 is 2.81 bits per heavy atom. The molecule has 2 aromatic heterocycles. The Bertz CT molecular complexity index is 959. The Morgan fingerprint density at radius 1 is 1.19 bits per heavy atom. The van der Waals surface area contributed by atoms with E-state index in [1.807, 2.05) is 24.3 Å². The summed E-state index contributed by atoms with van der Waals surface area (Å²) in [7, 11) is 0. The summed E-state index contributed by atoms with van der Waals surface area (Å²) >= 11 is 0. The van der Waals surface area contributed by atoms with E-state index in [4.69, 9.17) is 0 Å². The van der Waals surface area contributed by atoms with E-state index in [1.54, 1.807) is 15.8 Å². The van der Waals surface area contributed by atoms with Gasteiger partial charge >= 0.3 is 6.18 Å². The minimum Gasteiger partial charge on any atom is -0.333 e. The van der Waals surface area contributed by atoms with Gasteiger partial charge in [0.2, 0.25) is 5.91 Å². The van der Waals surface area contributed by atoms with Gasteiger partial charge in [-0.1, -0.05) is 18.2 Å². The van der Waals surface area contributed by atoms with Gasteiger partial charge in [0.05, 0.1) is 24.8 Å². The molecule has 0 N–H and O–H groups in total. The number of aryl methyl sites for hydroxylation is 1. The van der Waals surface area contributed by atoms with Crippen LogP contribution in [0, 0.1) is 0 Å². The maximum atomic E-state index is 12.8. The fourth-order valence-electron chi connectivity index (χ4n) is 3.17. The Labute approximate surface area is 146 Å². The summed E-state index contributed by atoms with van der Waals surface area (Å²) in [6.45, 7) is 1.20. The highest BCUT2D eigenvalue weighted by Crippen LogP contribution is 2.29. The Hall–Kier alpha value is -2.84. The highest BCUT2D eigenvalue weighted by molar-refractivity contribution is 5.79. The molecule has 9 heteroatoms. The second-order valence-electron chi connectivity index (χ2n) is 6.23. The molecule has 1 amide bonds. The summed E-state index contributed by atoms with van der Waals surface area (Å²) in [6.07, 6.45) is -1.48. The van der Waals surface area contributed by atoms with Gasteiger partial charge in [-0.05, 0) is 6.07 Å². The van der Waals surface area contributed by atoms with Crippen LogP contribution in [0.4, 0.5) is 13.2 Å². The van der Waals surface area contributed by atoms with Crippen LogP contribution >= 0.6 is 0 Å². The van der Waals surface area contributed by atoms with E-state index in [2.05, 4.69) is 10.1 Å². The molecule has 3 heterocycles. The summed E-state index contributed by atoms with van der Waals surface area (Å²) in [5, 5.41) is 5.28. The first-order valence-corrected chi connectivity index (χ1v) is 8.23. The van der Waals surface area contributed by atoms with Gasteiger partial charge in [0, 0.05) is 31.1 Å². The zero-order valence-electron chi connectivity index (χ0n) is 13.8. The van der Waals surface area contributed by atoms with Crippen LogP contribution in [-0.2, 0) is 30.6 Å². The number of aromatic nitrogens is 4. The Balaban J connectivity index is 1.42. The first-order chi connectivity index (χ1) is 12.4. The van der Waals surface area contributed by atoms with Gasteiger partial charge in [-0.15, -0.1) is 0 Å². The van der Waals surface area contributed by atoms with Crippen LogP contribution in [-0.4, -0.2) is 36.7 Å². The van der Waals surface area contributed by atoms with Crippen LogP contribution in [0.5, 0.6) is 0 Å². The number of hydrogen-bond donors (Lipinski definition) is 0. The molecule has 0 aliphatic carbocycles. The number of fused-ring (bicyclic) bond motifs is 2. The van der Waals surface area contributed by atoms with Crippen molar-refractivity contribution in [1.82, 2.24) is 24.2 Å². The lowest BCUT2D eigenvalue weighted by molar-refractivity contribution is -0.141. The maximum absolute atomic E-state index is 12.8. The highest BCUT2D eigenvalue weighted by Gasteiger charge is 2.36. The van der Waals surface area contributed by atoms with Crippen LogP contribution in [0.15, 0.2) is 36.7 Å². The van der Waals surface area contributed by atoms with E-state index in [-0.39, 0.29) is 24.7 Å². The smallest absolute Gasteiger partial charge is 0.333 e. The van der Waals surface area contributed by atoms with E-state index in [0.717, 1.165) is 17.1 Å². The van der Waals surface area contributed by atoms with Crippen molar-refractivity contribution >= 4 is 16.8 Å². The van der Waals surface area contributed by atoms with Crippen LogP contribution < -0.4 is 0 Å². The third-order valence-electron chi connectivity index (χ3n) is 4.53. The lowest BCUT2D eigenvalue weighted by atomic mass is 10.2. The lowest BCUT2D eigenvalue weighted by Gasteiger charge is -2.27. The van der Waals surface area contributed by atoms with Crippen LogP contribution in [0.3, 0.4) is 0 Å². The molecular formula is C17H16F3N5O. The molecule has 0 unspecified atom stereocenters. The first-order valence-electron chi connectivity index (χ1n) is 8.23. The third-order valence-corrected chi connectivity index (χ3v) is 4.53. The first kappa shape index (κ1) is 16.6. The van der Waals surface area contributed by atoms with Crippen molar-refractivity contribution in [3.05, 3.63) is 48.2 Å². The minimum atomic E-state index is -4.47. The molecule has 0 bridgehead atoms. The van der Waals surface area contributed by atoms with E-state index in [1.165, 1.54) is 4.57 Å². The second-order valence-corrected chi connectivity index (χ2v) is 6.23. The molecule has 0 saturated heterocycles. The Morgan fingerprint density at radius 2 is 2.00 bits per heavy atom. The number of halogens is 3. The fraction of sp³-hybridized carbons (Fsp3) is 0.353. The van der Waals surface area contributed by atoms with Crippen molar-refractivity contribution in [1.29, 1.82) is 0 Å². The second kappa shape index (κ2) is 6.15. The molecule has 6 nitrogen and oxygen atoms in total. The topological polar surface area (TPSA) is 56.0 Å². The molecule has 0 saturated carbocycles. The molecule has 26 heavy (non-hydrogen) atoms. The SMILES string of the molecule is O=C(CCn1ncc2ccccc21)N1CCn2cc(C(F)(F)F)nc2C1. The molecule has 136 valence electrons. The van der Waals surface area contributed by atoms with Gasteiger partial charge in [-0.25, -0.2) is 4.98 Å². The van der Waals surface area contributed by atoms with Gasteiger partial charge in [0.25, 0.3) is 0 Å². The van der Waals surface area contributed by atoms with Crippen molar-refractivity contribution in [3.8, 4) is 0 Å². The number of imidazole rings is 1. The lowest BCUT2D eigenvalue weighted by Crippen LogP contribution is -2.38. The minimum absolute atomic E-state index is 0.0920. The average Bonchev–Trinajstić information content (AvgIpc) is 3.23. The van der Waals surface area contributed by atoms with Gasteiger partial charge < -0.3 is 9.47 Å². The van der Waals surface area contributed by atoms with Crippen molar-refractivity contribution in [2.75, 3.05) is 6.54 Å². The summed E-state index contributed by atoms with van der Waals surface area (Å²) in [6, 6.07) is 7.71. The molecule has 3 aromatic rings. The number of carbonyl (C=O) groups excluding carboxylic acids is 1. The summed E-state index contributed by atoms with van der Waals surface area (Å²) < 4.78 is 41.5. The third kappa shape index (κ3) is 3.04. The monoisotopic (exact) mass is 363 g/mol. The van der Waals surface area contributed by atoms with Crippen molar-refractivity contribution in [2.24, 2.45) is 0 Å². The van der Waals surface area contributed by atoms with Crippen molar-refractivity contribution in [3.63, 3.8) is 0 Å². The van der Waals surface area contributed by atoms with Gasteiger partial charge in [0.1, 0.15) is 5.82 Å². The van der Waals surface area contributed by atoms with E-state index in [0.29, 0.717) is 19.6 Å². The molecule has 1 aliphatic rings. The molecule has 0 spiro atoms. The molecule has 1 aromatic carbocycles. The molecule has 0 radical (unpaired) electrons. The number of alkyl halides is 3. The molecule has 1 aliphatic heterocycles. The number of hydrogen-bond acceptors (Lipinski definition) is 3. The van der Waals surface area contributed by atoms with E-state index in [9.17, 15) is 18.0 Å². The Kier molecular flexibility index (Phi) is 3.93. The van der Waals surface area contributed by atoms with E-state index >= 15 is 0 Å². The number of para-hydroxylation sites is 1. The molecule has 0 atom stereocenters.